The Hall–Kier alpha value is -3.60. The zero-order valence-corrected chi connectivity index (χ0v) is 18.4. The van der Waals surface area contributed by atoms with Crippen LogP contribution in [0.3, 0.4) is 0 Å². The van der Waals surface area contributed by atoms with E-state index in [0.717, 1.165) is 22.3 Å². The number of ether oxygens (including phenoxy) is 2. The second-order valence-electron chi connectivity index (χ2n) is 7.84. The van der Waals surface area contributed by atoms with Crippen LogP contribution in [0.25, 0.3) is 11.1 Å². The Balaban J connectivity index is 1.71. The van der Waals surface area contributed by atoms with Gasteiger partial charge < -0.3 is 14.4 Å². The molecule has 3 aromatic rings. The zero-order chi connectivity index (χ0) is 22.6. The molecular formula is C27H27NO4. The largest absolute Gasteiger partial charge is 0.461 e. The molecule has 0 saturated carbocycles. The third-order valence-electron chi connectivity index (χ3n) is 6.10. The van der Waals surface area contributed by atoms with Crippen molar-refractivity contribution in [3.8, 4) is 11.1 Å². The van der Waals surface area contributed by atoms with Crippen molar-refractivity contribution >= 4 is 12.1 Å². The summed E-state index contributed by atoms with van der Waals surface area (Å²) in [6, 6.07) is 25.0. The number of carbonyl (C=O) groups is 2. The highest BCUT2D eigenvalue weighted by molar-refractivity contribution is 5.89. The molecule has 0 fully saturated rings. The second-order valence-corrected chi connectivity index (χ2v) is 7.84. The van der Waals surface area contributed by atoms with E-state index in [1.54, 1.807) is 29.2 Å². The molecule has 1 amide bonds. The zero-order valence-electron chi connectivity index (χ0n) is 18.4. The van der Waals surface area contributed by atoms with E-state index in [1.165, 1.54) is 0 Å². The molecule has 0 spiro atoms. The summed E-state index contributed by atoms with van der Waals surface area (Å²) in [6.07, 6.45) is -0.370. The van der Waals surface area contributed by atoms with Crippen LogP contribution < -0.4 is 0 Å². The molecular weight excluding hydrogens is 402 g/mol. The Morgan fingerprint density at radius 2 is 1.22 bits per heavy atom. The van der Waals surface area contributed by atoms with Gasteiger partial charge in [-0.15, -0.1) is 0 Å². The van der Waals surface area contributed by atoms with Gasteiger partial charge in [0.1, 0.15) is 13.2 Å². The SMILES string of the molecule is CCN(CC)C(=O)OCC1(COC(=O)c2ccccc2)c2ccccc2-c2ccccc21. The van der Waals surface area contributed by atoms with Crippen LogP contribution in [-0.2, 0) is 14.9 Å². The van der Waals surface area contributed by atoms with Crippen LogP contribution in [0, 0.1) is 0 Å². The lowest BCUT2D eigenvalue weighted by Gasteiger charge is -2.32. The van der Waals surface area contributed by atoms with Crippen molar-refractivity contribution in [3.63, 3.8) is 0 Å². The summed E-state index contributed by atoms with van der Waals surface area (Å²) in [4.78, 5) is 27.1. The number of carbonyl (C=O) groups excluding carboxylic acids is 2. The predicted octanol–water partition coefficient (Wildman–Crippen LogP) is 5.29. The number of benzene rings is 3. The smallest absolute Gasteiger partial charge is 0.409 e. The summed E-state index contributed by atoms with van der Waals surface area (Å²) < 4.78 is 11.7. The van der Waals surface area contributed by atoms with Gasteiger partial charge in [0, 0.05) is 13.1 Å². The van der Waals surface area contributed by atoms with Gasteiger partial charge in [-0.3, -0.25) is 0 Å². The fourth-order valence-corrected chi connectivity index (χ4v) is 4.37. The number of esters is 1. The number of hydrogen-bond acceptors (Lipinski definition) is 4. The summed E-state index contributed by atoms with van der Waals surface area (Å²) in [6.45, 7) is 5.13. The fraction of sp³-hybridized carbons (Fsp3) is 0.259. The normalized spacial score (nSPS) is 13.1. The Bertz CT molecular complexity index is 1060. The maximum atomic E-state index is 12.8. The molecule has 0 aromatic heterocycles. The molecule has 0 radical (unpaired) electrons. The van der Waals surface area contributed by atoms with Crippen molar-refractivity contribution < 1.29 is 19.1 Å². The summed E-state index contributed by atoms with van der Waals surface area (Å²) in [5.74, 6) is -0.401. The third kappa shape index (κ3) is 3.86. The van der Waals surface area contributed by atoms with Crippen LogP contribution in [0.1, 0.15) is 35.3 Å². The van der Waals surface area contributed by atoms with Gasteiger partial charge in [-0.1, -0.05) is 66.7 Å². The van der Waals surface area contributed by atoms with Crippen LogP contribution in [0.15, 0.2) is 78.9 Å². The van der Waals surface area contributed by atoms with Gasteiger partial charge in [0.05, 0.1) is 11.0 Å². The molecule has 5 nitrogen and oxygen atoms in total. The number of amides is 1. The van der Waals surface area contributed by atoms with Gasteiger partial charge in [0.25, 0.3) is 0 Å². The molecule has 0 bridgehead atoms. The van der Waals surface area contributed by atoms with Gasteiger partial charge in [0.2, 0.25) is 0 Å². The molecule has 0 unspecified atom stereocenters. The van der Waals surface area contributed by atoms with E-state index in [4.69, 9.17) is 9.47 Å². The van der Waals surface area contributed by atoms with Crippen molar-refractivity contribution in [2.24, 2.45) is 0 Å². The highest BCUT2D eigenvalue weighted by atomic mass is 16.6. The highest BCUT2D eigenvalue weighted by Crippen LogP contribution is 2.49. The van der Waals surface area contributed by atoms with Gasteiger partial charge in [-0.25, -0.2) is 9.59 Å². The quantitative estimate of drug-likeness (QED) is 0.479. The molecule has 1 aliphatic carbocycles. The molecule has 0 N–H and O–H groups in total. The maximum Gasteiger partial charge on any atom is 0.409 e. The summed E-state index contributed by atoms with van der Waals surface area (Å²) in [5, 5.41) is 0. The molecule has 0 aliphatic heterocycles. The fourth-order valence-electron chi connectivity index (χ4n) is 4.37. The number of nitrogens with zero attached hydrogens (tertiary/aromatic N) is 1. The highest BCUT2D eigenvalue weighted by Gasteiger charge is 2.45. The molecule has 0 heterocycles. The Labute approximate surface area is 188 Å². The lowest BCUT2D eigenvalue weighted by molar-refractivity contribution is 0.0324. The van der Waals surface area contributed by atoms with Crippen LogP contribution in [0.4, 0.5) is 4.79 Å². The first kappa shape index (κ1) is 21.6. The average Bonchev–Trinajstić information content (AvgIpc) is 3.13. The molecule has 4 rings (SSSR count). The number of fused-ring (bicyclic) bond motifs is 3. The Kier molecular flexibility index (Phi) is 6.26. The predicted molar refractivity (Wildman–Crippen MR) is 124 cm³/mol. The average molecular weight is 430 g/mol. The minimum absolute atomic E-state index is 0.0697. The van der Waals surface area contributed by atoms with Crippen molar-refractivity contribution in [2.75, 3.05) is 26.3 Å². The lowest BCUT2D eigenvalue weighted by Crippen LogP contribution is -2.41. The first-order valence-corrected chi connectivity index (χ1v) is 10.9. The maximum absolute atomic E-state index is 12.8. The monoisotopic (exact) mass is 429 g/mol. The van der Waals surface area contributed by atoms with Crippen LogP contribution >= 0.6 is 0 Å². The molecule has 0 atom stereocenters. The van der Waals surface area contributed by atoms with E-state index in [-0.39, 0.29) is 19.3 Å². The van der Waals surface area contributed by atoms with Gasteiger partial charge in [-0.2, -0.15) is 0 Å². The summed E-state index contributed by atoms with van der Waals surface area (Å²) >= 11 is 0. The topological polar surface area (TPSA) is 55.8 Å². The van der Waals surface area contributed by atoms with E-state index in [1.807, 2.05) is 56.3 Å². The minimum atomic E-state index is -0.777. The van der Waals surface area contributed by atoms with Gasteiger partial charge >= 0.3 is 12.1 Å². The van der Waals surface area contributed by atoms with E-state index < -0.39 is 11.4 Å². The summed E-state index contributed by atoms with van der Waals surface area (Å²) in [7, 11) is 0. The van der Waals surface area contributed by atoms with Crippen molar-refractivity contribution in [1.82, 2.24) is 4.90 Å². The van der Waals surface area contributed by atoms with Crippen LogP contribution in [0.5, 0.6) is 0 Å². The number of rotatable bonds is 7. The van der Waals surface area contributed by atoms with E-state index in [9.17, 15) is 9.59 Å². The first-order chi connectivity index (χ1) is 15.6. The molecule has 1 aliphatic rings. The van der Waals surface area contributed by atoms with Crippen LogP contribution in [-0.4, -0.2) is 43.3 Å². The molecule has 164 valence electrons. The van der Waals surface area contributed by atoms with Crippen molar-refractivity contribution in [1.29, 1.82) is 0 Å². The van der Waals surface area contributed by atoms with E-state index in [2.05, 4.69) is 12.1 Å². The standard InChI is InChI=1S/C27H27NO4/c1-3-28(4-2)26(30)32-19-27(18-31-25(29)20-12-6-5-7-13-20)23-16-10-8-14-21(23)22-15-9-11-17-24(22)27/h5-17H,3-4,18-19H2,1-2H3. The molecule has 0 saturated heterocycles. The summed E-state index contributed by atoms with van der Waals surface area (Å²) in [5.41, 5.74) is 3.84. The lowest BCUT2D eigenvalue weighted by atomic mass is 9.79. The van der Waals surface area contributed by atoms with Gasteiger partial charge in [0.15, 0.2) is 0 Å². The minimum Gasteiger partial charge on any atom is -0.461 e. The van der Waals surface area contributed by atoms with E-state index in [0.29, 0.717) is 18.7 Å². The van der Waals surface area contributed by atoms with Crippen LogP contribution in [0.2, 0.25) is 0 Å². The molecule has 5 heteroatoms. The second kappa shape index (κ2) is 9.27. The van der Waals surface area contributed by atoms with E-state index >= 15 is 0 Å². The van der Waals surface area contributed by atoms with Gasteiger partial charge in [-0.05, 0) is 48.2 Å². The number of hydrogen-bond donors (Lipinski definition) is 0. The third-order valence-corrected chi connectivity index (χ3v) is 6.10. The first-order valence-electron chi connectivity index (χ1n) is 10.9. The van der Waals surface area contributed by atoms with Crippen molar-refractivity contribution in [2.45, 2.75) is 19.3 Å². The van der Waals surface area contributed by atoms with Crippen molar-refractivity contribution in [3.05, 3.63) is 95.6 Å². The Morgan fingerprint density at radius 1 is 0.719 bits per heavy atom. The molecule has 3 aromatic carbocycles. The Morgan fingerprint density at radius 3 is 1.78 bits per heavy atom. The molecule has 32 heavy (non-hydrogen) atoms.